The third-order valence-electron chi connectivity index (χ3n) is 6.94. The van der Waals surface area contributed by atoms with Crippen molar-refractivity contribution in [2.45, 2.75) is 51.5 Å². The number of hydrogen-bond acceptors (Lipinski definition) is 4. The molecule has 2 aromatic rings. The van der Waals surface area contributed by atoms with E-state index in [2.05, 4.69) is 10.1 Å². The van der Waals surface area contributed by atoms with Crippen LogP contribution >= 0.6 is 0 Å². The lowest BCUT2D eigenvalue weighted by Gasteiger charge is -2.40. The number of piperidine rings is 1. The summed E-state index contributed by atoms with van der Waals surface area (Å²) in [4.78, 5) is 17.6. The number of amides is 1. The maximum Gasteiger partial charge on any atom is 0.292 e. The topological polar surface area (TPSA) is 49.6 Å². The highest BCUT2D eigenvalue weighted by Crippen LogP contribution is 2.40. The molecule has 6 heteroatoms. The lowest BCUT2D eigenvalue weighted by molar-refractivity contribution is 0.0642. The Bertz CT molecular complexity index is 894. The summed E-state index contributed by atoms with van der Waals surface area (Å²) in [5.41, 5.74) is 3.33. The standard InChI is InChI=1S/C23H28FN3O2/c24-18-8-6-17(7-9-18)14-26-12-3-10-23(15-26)11-13-27(16-23)22(28)21-19-4-1-2-5-20(19)25-29-21/h6-9H,1-5,10-16H2/t23-/m1/s1. The zero-order chi connectivity index (χ0) is 19.8. The fourth-order valence-electron chi connectivity index (χ4n) is 5.44. The van der Waals surface area contributed by atoms with Crippen molar-refractivity contribution in [1.29, 1.82) is 0 Å². The van der Waals surface area contributed by atoms with Crippen LogP contribution < -0.4 is 0 Å². The maximum absolute atomic E-state index is 13.2. The number of halogens is 1. The van der Waals surface area contributed by atoms with E-state index in [0.29, 0.717) is 5.76 Å². The van der Waals surface area contributed by atoms with E-state index < -0.39 is 0 Å². The number of fused-ring (bicyclic) bond motifs is 1. The molecule has 1 aromatic carbocycles. The molecule has 2 fully saturated rings. The second-order valence-electron chi connectivity index (χ2n) is 9.06. The third-order valence-corrected chi connectivity index (χ3v) is 6.94. The van der Waals surface area contributed by atoms with Gasteiger partial charge >= 0.3 is 0 Å². The van der Waals surface area contributed by atoms with Crippen molar-refractivity contribution in [3.8, 4) is 0 Å². The first kappa shape index (κ1) is 18.8. The molecule has 154 valence electrons. The fourth-order valence-corrected chi connectivity index (χ4v) is 5.44. The van der Waals surface area contributed by atoms with Crippen LogP contribution in [0.15, 0.2) is 28.8 Å². The van der Waals surface area contributed by atoms with Crippen LogP contribution in [0.1, 0.15) is 59.5 Å². The molecule has 2 aliphatic heterocycles. The summed E-state index contributed by atoms with van der Waals surface area (Å²) in [5, 5.41) is 4.16. The summed E-state index contributed by atoms with van der Waals surface area (Å²) in [6.45, 7) is 4.47. The zero-order valence-corrected chi connectivity index (χ0v) is 16.8. The van der Waals surface area contributed by atoms with E-state index >= 15 is 0 Å². The van der Waals surface area contributed by atoms with Gasteiger partial charge in [0.2, 0.25) is 5.76 Å². The molecule has 5 nitrogen and oxygen atoms in total. The summed E-state index contributed by atoms with van der Waals surface area (Å²) in [5.74, 6) is 0.312. The Kier molecular flexibility index (Phi) is 4.90. The van der Waals surface area contributed by atoms with Crippen molar-refractivity contribution in [3.05, 3.63) is 52.7 Å². The molecule has 0 saturated carbocycles. The summed E-state index contributed by atoms with van der Waals surface area (Å²) < 4.78 is 18.7. The normalized spacial score (nSPS) is 24.8. The molecule has 1 aromatic heterocycles. The molecule has 1 atom stereocenters. The molecule has 3 aliphatic rings. The van der Waals surface area contributed by atoms with Crippen LogP contribution in [-0.4, -0.2) is 47.0 Å². The second-order valence-corrected chi connectivity index (χ2v) is 9.06. The van der Waals surface area contributed by atoms with Gasteiger partial charge in [0.15, 0.2) is 0 Å². The van der Waals surface area contributed by atoms with E-state index in [-0.39, 0.29) is 17.1 Å². The predicted octanol–water partition coefficient (Wildman–Crippen LogP) is 3.82. The van der Waals surface area contributed by atoms with Crippen molar-refractivity contribution in [1.82, 2.24) is 15.0 Å². The molecule has 1 amide bonds. The summed E-state index contributed by atoms with van der Waals surface area (Å²) in [6, 6.07) is 6.80. The molecular weight excluding hydrogens is 369 g/mol. The van der Waals surface area contributed by atoms with Gasteiger partial charge in [-0.15, -0.1) is 0 Å². The SMILES string of the molecule is O=C(c1onc2c1CCCC2)N1CC[C@@]2(CCCN(Cc3ccc(F)cc3)C2)C1. The highest BCUT2D eigenvalue weighted by atomic mass is 19.1. The highest BCUT2D eigenvalue weighted by Gasteiger charge is 2.44. The average molecular weight is 397 g/mol. The minimum absolute atomic E-state index is 0.0215. The maximum atomic E-state index is 13.2. The largest absolute Gasteiger partial charge is 0.350 e. The fraction of sp³-hybridized carbons (Fsp3) is 0.565. The van der Waals surface area contributed by atoms with Crippen LogP contribution in [-0.2, 0) is 19.4 Å². The van der Waals surface area contributed by atoms with Gasteiger partial charge in [0.25, 0.3) is 5.91 Å². The Hall–Kier alpha value is -2.21. The van der Waals surface area contributed by atoms with Gasteiger partial charge in [-0.25, -0.2) is 4.39 Å². The number of likely N-dealkylation sites (tertiary alicyclic amines) is 2. The Balaban J connectivity index is 1.26. The van der Waals surface area contributed by atoms with E-state index in [1.54, 1.807) is 0 Å². The summed E-state index contributed by atoms with van der Waals surface area (Å²) in [6.07, 6.45) is 7.40. The second kappa shape index (κ2) is 7.56. The minimum Gasteiger partial charge on any atom is -0.350 e. The van der Waals surface area contributed by atoms with E-state index in [1.165, 1.54) is 12.1 Å². The lowest BCUT2D eigenvalue weighted by atomic mass is 9.79. The number of benzene rings is 1. The lowest BCUT2D eigenvalue weighted by Crippen LogP contribution is -2.45. The van der Waals surface area contributed by atoms with Crippen LogP contribution in [0.25, 0.3) is 0 Å². The number of carbonyl (C=O) groups is 1. The van der Waals surface area contributed by atoms with Crippen LogP contribution in [0, 0.1) is 11.2 Å². The van der Waals surface area contributed by atoms with E-state index in [4.69, 9.17) is 4.52 Å². The summed E-state index contributed by atoms with van der Waals surface area (Å²) in [7, 11) is 0. The van der Waals surface area contributed by atoms with E-state index in [1.807, 2.05) is 17.0 Å². The number of rotatable bonds is 3. The van der Waals surface area contributed by atoms with Crippen LogP contribution in [0.5, 0.6) is 0 Å². The molecular formula is C23H28FN3O2. The smallest absolute Gasteiger partial charge is 0.292 e. The number of aryl methyl sites for hydroxylation is 1. The van der Waals surface area contributed by atoms with Gasteiger partial charge < -0.3 is 9.42 Å². The monoisotopic (exact) mass is 397 g/mol. The van der Waals surface area contributed by atoms with Gasteiger partial charge in [-0.05, 0) is 69.2 Å². The third kappa shape index (κ3) is 3.70. The Labute approximate surface area is 170 Å². The van der Waals surface area contributed by atoms with Crippen molar-refractivity contribution < 1.29 is 13.7 Å². The number of nitrogens with zero attached hydrogens (tertiary/aromatic N) is 3. The van der Waals surface area contributed by atoms with Gasteiger partial charge in [0.1, 0.15) is 5.82 Å². The van der Waals surface area contributed by atoms with Crippen LogP contribution in [0.4, 0.5) is 4.39 Å². The number of hydrogen-bond donors (Lipinski definition) is 0. The Morgan fingerprint density at radius 2 is 1.90 bits per heavy atom. The quantitative estimate of drug-likeness (QED) is 0.790. The molecule has 0 unspecified atom stereocenters. The molecule has 1 aliphatic carbocycles. The number of aromatic nitrogens is 1. The summed E-state index contributed by atoms with van der Waals surface area (Å²) >= 11 is 0. The number of carbonyl (C=O) groups excluding carboxylic acids is 1. The van der Waals surface area contributed by atoms with Crippen molar-refractivity contribution >= 4 is 5.91 Å². The van der Waals surface area contributed by atoms with Gasteiger partial charge in [-0.2, -0.15) is 0 Å². The van der Waals surface area contributed by atoms with Gasteiger partial charge in [-0.3, -0.25) is 9.69 Å². The molecule has 1 spiro atoms. The first-order valence-electron chi connectivity index (χ1n) is 10.9. The molecule has 5 rings (SSSR count). The van der Waals surface area contributed by atoms with Crippen LogP contribution in [0.3, 0.4) is 0 Å². The predicted molar refractivity (Wildman–Crippen MR) is 107 cm³/mol. The molecule has 3 heterocycles. The average Bonchev–Trinajstić information content (AvgIpc) is 3.34. The van der Waals surface area contributed by atoms with E-state index in [0.717, 1.165) is 94.5 Å². The molecule has 0 bridgehead atoms. The van der Waals surface area contributed by atoms with Gasteiger partial charge in [0.05, 0.1) is 5.69 Å². The van der Waals surface area contributed by atoms with Gasteiger partial charge in [-0.1, -0.05) is 17.3 Å². The van der Waals surface area contributed by atoms with Crippen molar-refractivity contribution in [2.75, 3.05) is 26.2 Å². The minimum atomic E-state index is -0.191. The van der Waals surface area contributed by atoms with Gasteiger partial charge in [0, 0.05) is 37.2 Å². The molecule has 29 heavy (non-hydrogen) atoms. The molecule has 0 N–H and O–H groups in total. The molecule has 0 radical (unpaired) electrons. The Morgan fingerprint density at radius 1 is 1.07 bits per heavy atom. The zero-order valence-electron chi connectivity index (χ0n) is 16.8. The highest BCUT2D eigenvalue weighted by molar-refractivity contribution is 5.93. The van der Waals surface area contributed by atoms with Crippen molar-refractivity contribution in [2.24, 2.45) is 5.41 Å². The first-order chi connectivity index (χ1) is 14.1. The Morgan fingerprint density at radius 3 is 2.76 bits per heavy atom. The molecule has 2 saturated heterocycles. The van der Waals surface area contributed by atoms with Crippen molar-refractivity contribution in [3.63, 3.8) is 0 Å². The van der Waals surface area contributed by atoms with E-state index in [9.17, 15) is 9.18 Å². The van der Waals surface area contributed by atoms with Crippen LogP contribution in [0.2, 0.25) is 0 Å². The first-order valence-corrected chi connectivity index (χ1v) is 10.9.